The fourth-order valence-electron chi connectivity index (χ4n) is 4.32. The number of halogens is 1. The lowest BCUT2D eigenvalue weighted by Crippen LogP contribution is -2.44. The number of nitrogens with zero attached hydrogens (tertiary/aromatic N) is 1. The quantitative estimate of drug-likeness (QED) is 0.869. The van der Waals surface area contributed by atoms with Crippen molar-refractivity contribution in [1.29, 1.82) is 0 Å². The van der Waals surface area contributed by atoms with Gasteiger partial charge in [-0.2, -0.15) is 0 Å². The average molecular weight is 373 g/mol. The molecule has 0 spiro atoms. The third kappa shape index (κ3) is 2.92. The van der Waals surface area contributed by atoms with E-state index in [1.54, 1.807) is 11.3 Å². The molecular weight excluding hydrogens is 349 g/mol. The molecular formula is C21H24FNO2S. The number of carbonyl (C=O) groups is 1. The Morgan fingerprint density at radius 2 is 2.27 bits per heavy atom. The number of hydrogen-bond donors (Lipinski definition) is 1. The molecule has 2 heterocycles. The van der Waals surface area contributed by atoms with Crippen LogP contribution in [0.25, 0.3) is 15.7 Å². The zero-order chi connectivity index (χ0) is 18.4. The van der Waals surface area contributed by atoms with Crippen molar-refractivity contribution < 1.29 is 14.3 Å². The molecule has 1 aromatic carbocycles. The first-order chi connectivity index (χ1) is 12.5. The number of fused-ring (bicyclic) bond motifs is 2. The second-order valence-electron chi connectivity index (χ2n) is 7.62. The zero-order valence-corrected chi connectivity index (χ0v) is 15.9. The molecule has 0 radical (unpaired) electrons. The van der Waals surface area contributed by atoms with E-state index in [0.29, 0.717) is 12.6 Å². The summed E-state index contributed by atoms with van der Waals surface area (Å²) in [6.07, 6.45) is 2.00. The first-order valence-corrected chi connectivity index (χ1v) is 10.1. The summed E-state index contributed by atoms with van der Waals surface area (Å²) in [5.41, 5.74) is 3.85. The van der Waals surface area contributed by atoms with Crippen molar-refractivity contribution in [2.24, 2.45) is 11.8 Å². The molecule has 3 nitrogen and oxygen atoms in total. The van der Waals surface area contributed by atoms with Gasteiger partial charge >= 0.3 is 0 Å². The molecule has 26 heavy (non-hydrogen) atoms. The van der Waals surface area contributed by atoms with Crippen LogP contribution in [0.2, 0.25) is 0 Å². The lowest BCUT2D eigenvalue weighted by molar-refractivity contribution is -0.124. The molecule has 0 saturated carbocycles. The Morgan fingerprint density at radius 1 is 1.46 bits per heavy atom. The second-order valence-corrected chi connectivity index (χ2v) is 8.53. The van der Waals surface area contributed by atoms with Gasteiger partial charge in [0.25, 0.3) is 0 Å². The van der Waals surface area contributed by atoms with Crippen molar-refractivity contribution in [1.82, 2.24) is 4.90 Å². The van der Waals surface area contributed by atoms with Crippen molar-refractivity contribution >= 4 is 32.8 Å². The molecule has 1 N–H and O–H groups in total. The van der Waals surface area contributed by atoms with E-state index in [-0.39, 0.29) is 24.7 Å². The van der Waals surface area contributed by atoms with Crippen molar-refractivity contribution in [3.05, 3.63) is 40.8 Å². The topological polar surface area (TPSA) is 40.5 Å². The standard InChI is InChI=1S/C21H24FNO2S/c1-12(22)14(10-24)8-19(25)13-6-17-16-4-3-5-20-21(16)15(11-26-20)7-18(17)23(2)9-13/h3-6,11-14,18,24H,7-10H2,1-2H3. The van der Waals surface area contributed by atoms with E-state index < -0.39 is 12.1 Å². The second kappa shape index (κ2) is 6.87. The largest absolute Gasteiger partial charge is 0.396 e. The highest BCUT2D eigenvalue weighted by Gasteiger charge is 2.36. The first kappa shape index (κ1) is 17.8. The molecule has 4 atom stereocenters. The van der Waals surface area contributed by atoms with Gasteiger partial charge in [0.15, 0.2) is 0 Å². The molecule has 1 aliphatic heterocycles. The predicted molar refractivity (Wildman–Crippen MR) is 104 cm³/mol. The van der Waals surface area contributed by atoms with E-state index in [1.807, 2.05) is 0 Å². The molecule has 1 aliphatic carbocycles. The van der Waals surface area contributed by atoms with Crippen molar-refractivity contribution in [3.63, 3.8) is 0 Å². The Bertz CT molecular complexity index is 872. The number of carbonyl (C=O) groups excluding carboxylic acids is 1. The van der Waals surface area contributed by atoms with Crippen molar-refractivity contribution in [2.45, 2.75) is 32.0 Å². The number of ketones is 1. The molecule has 2 aliphatic rings. The van der Waals surface area contributed by atoms with E-state index in [9.17, 15) is 14.3 Å². The molecule has 4 unspecified atom stereocenters. The van der Waals surface area contributed by atoms with Crippen LogP contribution in [-0.2, 0) is 11.2 Å². The number of aliphatic hydroxyl groups is 1. The molecule has 1 aromatic heterocycles. The summed E-state index contributed by atoms with van der Waals surface area (Å²) in [5, 5.41) is 12.9. The number of hydrogen-bond acceptors (Lipinski definition) is 4. The summed E-state index contributed by atoms with van der Waals surface area (Å²) in [6.45, 7) is 1.78. The maximum absolute atomic E-state index is 13.6. The number of alkyl halides is 1. The highest BCUT2D eigenvalue weighted by atomic mass is 32.1. The van der Waals surface area contributed by atoms with E-state index >= 15 is 0 Å². The predicted octanol–water partition coefficient (Wildman–Crippen LogP) is 3.70. The minimum atomic E-state index is -1.18. The molecule has 138 valence electrons. The zero-order valence-electron chi connectivity index (χ0n) is 15.1. The highest BCUT2D eigenvalue weighted by molar-refractivity contribution is 7.17. The van der Waals surface area contributed by atoms with Gasteiger partial charge in [0, 0.05) is 47.5 Å². The van der Waals surface area contributed by atoms with Crippen LogP contribution in [-0.4, -0.2) is 48.2 Å². The molecule has 0 bridgehead atoms. The number of thiophene rings is 1. The lowest BCUT2D eigenvalue weighted by atomic mass is 9.78. The Kier molecular flexibility index (Phi) is 4.71. The van der Waals surface area contributed by atoms with Crippen molar-refractivity contribution in [3.8, 4) is 0 Å². The van der Waals surface area contributed by atoms with Crippen LogP contribution in [0, 0.1) is 11.8 Å². The van der Waals surface area contributed by atoms with Gasteiger partial charge in [-0.15, -0.1) is 11.3 Å². The Morgan fingerprint density at radius 3 is 3.00 bits per heavy atom. The molecule has 4 rings (SSSR count). The van der Waals surface area contributed by atoms with Gasteiger partial charge in [-0.3, -0.25) is 9.69 Å². The van der Waals surface area contributed by atoms with Gasteiger partial charge < -0.3 is 5.11 Å². The van der Waals surface area contributed by atoms with Crippen LogP contribution in [0.5, 0.6) is 0 Å². The van der Waals surface area contributed by atoms with E-state index in [4.69, 9.17) is 0 Å². The lowest BCUT2D eigenvalue weighted by Gasteiger charge is -2.39. The maximum Gasteiger partial charge on any atom is 0.141 e. The maximum atomic E-state index is 13.6. The van der Waals surface area contributed by atoms with Gasteiger partial charge in [0.1, 0.15) is 12.0 Å². The highest BCUT2D eigenvalue weighted by Crippen LogP contribution is 2.43. The molecule has 0 fully saturated rings. The molecule has 0 saturated heterocycles. The smallest absolute Gasteiger partial charge is 0.141 e. The minimum absolute atomic E-state index is 0.0228. The van der Waals surface area contributed by atoms with Crippen LogP contribution < -0.4 is 0 Å². The van der Waals surface area contributed by atoms with Crippen LogP contribution >= 0.6 is 11.3 Å². The van der Waals surface area contributed by atoms with Crippen molar-refractivity contribution in [2.75, 3.05) is 20.2 Å². The SMILES string of the molecule is CC(F)C(CO)CC(=O)C1C=C2c3cccc4scc(c34)CC2N(C)C1. The fraction of sp³-hybridized carbons (Fsp3) is 0.476. The summed E-state index contributed by atoms with van der Waals surface area (Å²) in [7, 11) is 2.07. The third-order valence-corrected chi connectivity index (χ3v) is 6.91. The number of aliphatic hydroxyl groups excluding tert-OH is 1. The van der Waals surface area contributed by atoms with Crippen LogP contribution in [0.15, 0.2) is 29.7 Å². The summed E-state index contributed by atoms with van der Waals surface area (Å²) in [4.78, 5) is 15.0. The number of likely N-dealkylation sites (N-methyl/N-ethyl adjacent to an activating group) is 1. The van der Waals surface area contributed by atoms with E-state index in [0.717, 1.165) is 6.42 Å². The summed E-state index contributed by atoms with van der Waals surface area (Å²) >= 11 is 1.78. The number of rotatable bonds is 5. The average Bonchev–Trinajstić information content (AvgIpc) is 3.04. The summed E-state index contributed by atoms with van der Waals surface area (Å²) in [6, 6.07) is 6.68. The Labute approximate surface area is 157 Å². The molecule has 2 aromatic rings. The minimum Gasteiger partial charge on any atom is -0.396 e. The third-order valence-electron chi connectivity index (χ3n) is 5.92. The monoisotopic (exact) mass is 373 g/mol. The van der Waals surface area contributed by atoms with Crippen LogP contribution in [0.3, 0.4) is 0 Å². The van der Waals surface area contributed by atoms with Gasteiger partial charge in [-0.05, 0) is 48.5 Å². The van der Waals surface area contributed by atoms with Gasteiger partial charge in [-0.1, -0.05) is 18.2 Å². The molecule has 0 amide bonds. The number of Topliss-reactive ketones (excluding diaryl/α,β-unsaturated/α-hetero) is 1. The fourth-order valence-corrected chi connectivity index (χ4v) is 5.32. The van der Waals surface area contributed by atoms with Gasteiger partial charge in [-0.25, -0.2) is 4.39 Å². The van der Waals surface area contributed by atoms with Crippen LogP contribution in [0.1, 0.15) is 24.5 Å². The summed E-state index contributed by atoms with van der Waals surface area (Å²) in [5.74, 6) is -0.827. The van der Waals surface area contributed by atoms with Crippen LogP contribution in [0.4, 0.5) is 4.39 Å². The van der Waals surface area contributed by atoms with E-state index in [1.165, 1.54) is 33.7 Å². The first-order valence-electron chi connectivity index (χ1n) is 9.18. The van der Waals surface area contributed by atoms with E-state index in [2.05, 4.69) is 41.6 Å². The Hall–Kier alpha value is -1.56. The Balaban J connectivity index is 1.69. The van der Waals surface area contributed by atoms with Gasteiger partial charge in [0.05, 0.1) is 0 Å². The number of benzene rings is 1. The van der Waals surface area contributed by atoms with Gasteiger partial charge in [0.2, 0.25) is 0 Å². The normalized spacial score (nSPS) is 24.8. The molecule has 5 heteroatoms. The summed E-state index contributed by atoms with van der Waals surface area (Å²) < 4.78 is 14.9.